The fourth-order valence-electron chi connectivity index (χ4n) is 1.90. The van der Waals surface area contributed by atoms with Crippen LogP contribution < -0.4 is 5.32 Å². The van der Waals surface area contributed by atoms with Crippen molar-refractivity contribution in [3.05, 3.63) is 64.5 Å². The second-order valence-corrected chi connectivity index (χ2v) is 4.77. The van der Waals surface area contributed by atoms with Crippen LogP contribution in [0.3, 0.4) is 0 Å². The molecule has 0 fully saturated rings. The van der Waals surface area contributed by atoms with Gasteiger partial charge in [-0.05, 0) is 48.7 Å². The number of benzene rings is 2. The number of hydrogen-bond acceptors (Lipinski definition) is 2. The molecule has 0 radical (unpaired) electrons. The van der Waals surface area contributed by atoms with Crippen LogP contribution >= 0.6 is 0 Å². The highest BCUT2D eigenvalue weighted by molar-refractivity contribution is 5.88. The number of hydrogen-bond donors (Lipinski definition) is 2. The molecule has 20 heavy (non-hydrogen) atoms. The summed E-state index contributed by atoms with van der Waals surface area (Å²) in [6.07, 6.45) is 0. The van der Waals surface area contributed by atoms with E-state index in [0.717, 1.165) is 11.6 Å². The Morgan fingerprint density at radius 2 is 1.90 bits per heavy atom. The summed E-state index contributed by atoms with van der Waals surface area (Å²) in [5.74, 6) is -1.53. The monoisotopic (exact) mass is 273 g/mol. The predicted molar refractivity (Wildman–Crippen MR) is 76.6 cm³/mol. The van der Waals surface area contributed by atoms with Crippen molar-refractivity contribution in [1.82, 2.24) is 0 Å². The van der Waals surface area contributed by atoms with Gasteiger partial charge in [0.25, 0.3) is 0 Å². The van der Waals surface area contributed by atoms with Crippen LogP contribution in [0.1, 0.15) is 27.0 Å². The highest BCUT2D eigenvalue weighted by Gasteiger charge is 2.08. The van der Waals surface area contributed by atoms with E-state index in [4.69, 9.17) is 5.11 Å². The fraction of sp³-hybridized carbons (Fsp3) is 0.188. The van der Waals surface area contributed by atoms with E-state index in [2.05, 4.69) is 5.32 Å². The van der Waals surface area contributed by atoms with E-state index in [-0.39, 0.29) is 11.3 Å². The van der Waals surface area contributed by atoms with Gasteiger partial charge in [0.2, 0.25) is 0 Å². The summed E-state index contributed by atoms with van der Waals surface area (Å²) in [6.45, 7) is 4.49. The van der Waals surface area contributed by atoms with Crippen LogP contribution in [-0.4, -0.2) is 11.1 Å². The number of nitrogens with one attached hydrogen (secondary N) is 1. The molecule has 0 aliphatic carbocycles. The lowest BCUT2D eigenvalue weighted by Gasteiger charge is -2.10. The van der Waals surface area contributed by atoms with Gasteiger partial charge in [0, 0.05) is 6.54 Å². The van der Waals surface area contributed by atoms with Gasteiger partial charge in [-0.3, -0.25) is 0 Å². The molecule has 3 nitrogen and oxygen atoms in total. The zero-order valence-electron chi connectivity index (χ0n) is 11.4. The number of rotatable bonds is 4. The zero-order valence-corrected chi connectivity index (χ0v) is 11.4. The van der Waals surface area contributed by atoms with Crippen molar-refractivity contribution in [2.24, 2.45) is 0 Å². The molecule has 0 saturated heterocycles. The molecule has 0 bridgehead atoms. The lowest BCUT2D eigenvalue weighted by Crippen LogP contribution is -2.04. The Morgan fingerprint density at radius 1 is 1.15 bits per heavy atom. The molecule has 104 valence electrons. The summed E-state index contributed by atoms with van der Waals surface area (Å²) in [5, 5.41) is 11.8. The number of carboxylic acid groups (broad SMARTS) is 1. The van der Waals surface area contributed by atoms with Gasteiger partial charge in [0.05, 0.1) is 11.3 Å². The lowest BCUT2D eigenvalue weighted by molar-refractivity contribution is 0.0697. The van der Waals surface area contributed by atoms with Crippen molar-refractivity contribution in [2.75, 3.05) is 5.32 Å². The molecule has 0 aromatic heterocycles. The van der Waals surface area contributed by atoms with Crippen molar-refractivity contribution in [3.8, 4) is 0 Å². The summed E-state index contributed by atoms with van der Waals surface area (Å²) >= 11 is 0. The third kappa shape index (κ3) is 3.15. The number of carboxylic acids is 1. The smallest absolute Gasteiger partial charge is 0.335 e. The number of halogens is 1. The van der Waals surface area contributed by atoms with Crippen molar-refractivity contribution in [2.45, 2.75) is 20.4 Å². The normalized spacial score (nSPS) is 10.3. The van der Waals surface area contributed by atoms with Crippen LogP contribution in [0, 0.1) is 19.7 Å². The minimum absolute atomic E-state index is 0.0639. The van der Waals surface area contributed by atoms with E-state index >= 15 is 0 Å². The number of aryl methyl sites for hydroxylation is 2. The predicted octanol–water partition coefficient (Wildman–Crippen LogP) is 3.75. The molecule has 2 aromatic carbocycles. The molecule has 2 N–H and O–H groups in total. The average molecular weight is 273 g/mol. The van der Waals surface area contributed by atoms with E-state index in [1.165, 1.54) is 23.3 Å². The van der Waals surface area contributed by atoms with Gasteiger partial charge in [0.15, 0.2) is 0 Å². The standard InChI is InChI=1S/C16H16FNO2/c1-10-3-4-12(7-11(10)2)9-18-15-8-13(16(19)20)5-6-14(15)17/h3-8,18H,9H2,1-2H3,(H,19,20). The molecule has 0 heterocycles. The third-order valence-electron chi connectivity index (χ3n) is 3.27. The summed E-state index contributed by atoms with van der Waals surface area (Å²) in [4.78, 5) is 10.9. The summed E-state index contributed by atoms with van der Waals surface area (Å²) in [6, 6.07) is 9.72. The Bertz CT molecular complexity index is 653. The first-order chi connectivity index (χ1) is 9.47. The Balaban J connectivity index is 2.15. The van der Waals surface area contributed by atoms with E-state index in [1.54, 1.807) is 0 Å². The third-order valence-corrected chi connectivity index (χ3v) is 3.27. The molecule has 0 saturated carbocycles. The summed E-state index contributed by atoms with van der Waals surface area (Å²) in [7, 11) is 0. The minimum atomic E-state index is -1.07. The molecule has 0 spiro atoms. The van der Waals surface area contributed by atoms with Gasteiger partial charge in [0.1, 0.15) is 5.82 Å². The van der Waals surface area contributed by atoms with Gasteiger partial charge in [-0.1, -0.05) is 18.2 Å². The maximum atomic E-state index is 13.6. The largest absolute Gasteiger partial charge is 0.478 e. The van der Waals surface area contributed by atoms with Gasteiger partial charge in [-0.25, -0.2) is 9.18 Å². The van der Waals surface area contributed by atoms with Gasteiger partial charge < -0.3 is 10.4 Å². The first-order valence-electron chi connectivity index (χ1n) is 6.30. The average Bonchev–Trinajstić information content (AvgIpc) is 2.41. The lowest BCUT2D eigenvalue weighted by atomic mass is 10.1. The number of carbonyl (C=O) groups is 1. The van der Waals surface area contributed by atoms with Crippen LogP contribution in [0.25, 0.3) is 0 Å². The van der Waals surface area contributed by atoms with Crippen LogP contribution in [-0.2, 0) is 6.54 Å². The molecule has 0 amide bonds. The van der Waals surface area contributed by atoms with E-state index in [0.29, 0.717) is 6.54 Å². The van der Waals surface area contributed by atoms with Crippen molar-refractivity contribution >= 4 is 11.7 Å². The highest BCUT2D eigenvalue weighted by atomic mass is 19.1. The molecule has 4 heteroatoms. The molecular weight excluding hydrogens is 257 g/mol. The second-order valence-electron chi connectivity index (χ2n) is 4.77. The van der Waals surface area contributed by atoms with Crippen molar-refractivity contribution in [1.29, 1.82) is 0 Å². The number of anilines is 1. The molecule has 2 rings (SSSR count). The van der Waals surface area contributed by atoms with Crippen LogP contribution in [0.2, 0.25) is 0 Å². The van der Waals surface area contributed by atoms with E-state index < -0.39 is 11.8 Å². The van der Waals surface area contributed by atoms with Crippen LogP contribution in [0.15, 0.2) is 36.4 Å². The van der Waals surface area contributed by atoms with Gasteiger partial charge >= 0.3 is 5.97 Å². The topological polar surface area (TPSA) is 49.3 Å². The van der Waals surface area contributed by atoms with Crippen molar-refractivity contribution in [3.63, 3.8) is 0 Å². The van der Waals surface area contributed by atoms with E-state index in [1.807, 2.05) is 32.0 Å². The van der Waals surface area contributed by atoms with Gasteiger partial charge in [-0.15, -0.1) is 0 Å². The maximum absolute atomic E-state index is 13.6. The summed E-state index contributed by atoms with van der Waals surface area (Å²) < 4.78 is 13.6. The van der Waals surface area contributed by atoms with Gasteiger partial charge in [-0.2, -0.15) is 0 Å². The Kier molecular flexibility index (Phi) is 4.03. The fourth-order valence-corrected chi connectivity index (χ4v) is 1.90. The quantitative estimate of drug-likeness (QED) is 0.891. The number of aromatic carboxylic acids is 1. The molecule has 0 aliphatic rings. The Morgan fingerprint density at radius 3 is 2.55 bits per heavy atom. The molecule has 0 unspecified atom stereocenters. The maximum Gasteiger partial charge on any atom is 0.335 e. The first-order valence-corrected chi connectivity index (χ1v) is 6.30. The molecular formula is C16H16FNO2. The zero-order chi connectivity index (χ0) is 14.7. The Hall–Kier alpha value is -2.36. The van der Waals surface area contributed by atoms with Crippen molar-refractivity contribution < 1.29 is 14.3 Å². The van der Waals surface area contributed by atoms with E-state index in [9.17, 15) is 9.18 Å². The second kappa shape index (κ2) is 5.74. The minimum Gasteiger partial charge on any atom is -0.478 e. The molecule has 0 atom stereocenters. The highest BCUT2D eigenvalue weighted by Crippen LogP contribution is 2.18. The summed E-state index contributed by atoms with van der Waals surface area (Å²) in [5.41, 5.74) is 3.65. The Labute approximate surface area is 117 Å². The molecule has 0 aliphatic heterocycles. The SMILES string of the molecule is Cc1ccc(CNc2cc(C(=O)O)ccc2F)cc1C. The first kappa shape index (κ1) is 14.1. The van der Waals surface area contributed by atoms with Crippen LogP contribution in [0.5, 0.6) is 0 Å². The van der Waals surface area contributed by atoms with Crippen LogP contribution in [0.4, 0.5) is 10.1 Å². The molecule has 2 aromatic rings.